The molecule has 33 heavy (non-hydrogen) atoms. The molecule has 3 aromatic heterocycles. The molecule has 0 bridgehead atoms. The van der Waals surface area contributed by atoms with Gasteiger partial charge in [-0.2, -0.15) is 5.10 Å². The molecule has 0 radical (unpaired) electrons. The Morgan fingerprint density at radius 1 is 0.939 bits per heavy atom. The Labute approximate surface area is 189 Å². The van der Waals surface area contributed by atoms with Crippen LogP contribution in [0.15, 0.2) is 62.2 Å². The molecular formula is C26H23N3O4. The van der Waals surface area contributed by atoms with Gasteiger partial charge >= 0.3 is 5.63 Å². The quantitative estimate of drug-likeness (QED) is 0.390. The van der Waals surface area contributed by atoms with Crippen molar-refractivity contribution in [3.8, 4) is 5.69 Å². The van der Waals surface area contributed by atoms with E-state index in [1.54, 1.807) is 16.8 Å². The fourth-order valence-corrected chi connectivity index (χ4v) is 4.13. The van der Waals surface area contributed by atoms with Crippen molar-refractivity contribution in [1.29, 1.82) is 0 Å². The summed E-state index contributed by atoms with van der Waals surface area (Å²) in [5.74, 6) is 1.04. The molecule has 0 fully saturated rings. The second-order valence-electron chi connectivity index (χ2n) is 8.26. The number of para-hydroxylation sites is 1. The van der Waals surface area contributed by atoms with Crippen LogP contribution in [0, 0.1) is 27.7 Å². The van der Waals surface area contributed by atoms with Crippen molar-refractivity contribution in [3.63, 3.8) is 0 Å². The normalized spacial score (nSPS) is 11.4. The molecule has 2 aromatic carbocycles. The third-order valence-electron chi connectivity index (χ3n) is 6.02. The minimum atomic E-state index is -0.526. The van der Waals surface area contributed by atoms with Crippen molar-refractivity contribution in [2.75, 3.05) is 5.32 Å². The molecule has 0 unspecified atom stereocenters. The Morgan fingerprint density at radius 3 is 2.39 bits per heavy atom. The van der Waals surface area contributed by atoms with Crippen LogP contribution < -0.4 is 10.9 Å². The highest BCUT2D eigenvalue weighted by Crippen LogP contribution is 2.31. The van der Waals surface area contributed by atoms with Gasteiger partial charge in [0.05, 0.1) is 23.4 Å². The average molecular weight is 441 g/mol. The number of amides is 1. The molecule has 7 nitrogen and oxygen atoms in total. The van der Waals surface area contributed by atoms with E-state index in [2.05, 4.69) is 10.4 Å². The minimum Gasteiger partial charge on any atom is -0.461 e. The van der Waals surface area contributed by atoms with Crippen LogP contribution in [-0.4, -0.2) is 15.7 Å². The second kappa shape index (κ2) is 7.78. The van der Waals surface area contributed by atoms with Gasteiger partial charge in [-0.05, 0) is 57.0 Å². The maximum atomic E-state index is 12.9. The zero-order chi connectivity index (χ0) is 23.3. The lowest BCUT2D eigenvalue weighted by Crippen LogP contribution is -2.22. The first kappa shape index (κ1) is 20.8. The van der Waals surface area contributed by atoms with E-state index in [1.165, 1.54) is 0 Å². The number of nitrogens with one attached hydrogen (secondary N) is 1. The molecule has 166 valence electrons. The van der Waals surface area contributed by atoms with Gasteiger partial charge in [-0.3, -0.25) is 4.79 Å². The average Bonchev–Trinajstić information content (AvgIpc) is 3.29. The largest absolute Gasteiger partial charge is 0.461 e. The predicted molar refractivity (Wildman–Crippen MR) is 127 cm³/mol. The molecule has 5 aromatic rings. The highest BCUT2D eigenvalue weighted by molar-refractivity contribution is 5.98. The van der Waals surface area contributed by atoms with Crippen molar-refractivity contribution in [2.45, 2.75) is 34.1 Å². The summed E-state index contributed by atoms with van der Waals surface area (Å²) < 4.78 is 13.0. The Balaban J connectivity index is 1.50. The van der Waals surface area contributed by atoms with E-state index in [-0.39, 0.29) is 12.3 Å². The zero-order valence-electron chi connectivity index (χ0n) is 18.9. The number of anilines is 1. The van der Waals surface area contributed by atoms with E-state index in [9.17, 15) is 9.59 Å². The van der Waals surface area contributed by atoms with Gasteiger partial charge in [0.15, 0.2) is 0 Å². The van der Waals surface area contributed by atoms with Crippen molar-refractivity contribution >= 4 is 33.7 Å². The van der Waals surface area contributed by atoms with E-state index in [1.807, 2.05) is 64.1 Å². The number of aromatic nitrogens is 2. The molecule has 7 heteroatoms. The maximum Gasteiger partial charge on any atom is 0.340 e. The fraction of sp³-hybridized carbons (Fsp3) is 0.192. The number of hydrogen-bond acceptors (Lipinski definition) is 5. The van der Waals surface area contributed by atoms with E-state index in [0.717, 1.165) is 39.0 Å². The Bertz CT molecular complexity index is 1590. The summed E-state index contributed by atoms with van der Waals surface area (Å²) in [7, 11) is 0. The van der Waals surface area contributed by atoms with Crippen molar-refractivity contribution in [3.05, 3.63) is 87.1 Å². The molecule has 3 heterocycles. The Kier molecular flexibility index (Phi) is 4.89. The van der Waals surface area contributed by atoms with Crippen LogP contribution in [-0.2, 0) is 11.2 Å². The summed E-state index contributed by atoms with van der Waals surface area (Å²) in [4.78, 5) is 25.7. The highest BCUT2D eigenvalue weighted by Gasteiger charge is 2.19. The second-order valence-corrected chi connectivity index (χ2v) is 8.26. The van der Waals surface area contributed by atoms with Crippen LogP contribution in [0.1, 0.15) is 28.1 Å². The Hall–Kier alpha value is -4.13. The van der Waals surface area contributed by atoms with Gasteiger partial charge in [0, 0.05) is 22.9 Å². The first-order valence-corrected chi connectivity index (χ1v) is 10.7. The first-order chi connectivity index (χ1) is 15.8. The smallest absolute Gasteiger partial charge is 0.340 e. The maximum absolute atomic E-state index is 12.9. The molecule has 1 amide bonds. The SMILES string of the molecule is Cc1cc(NC(=O)Cc2c(C)c3cc4c(C)c(C)oc4cc3oc2=O)n(-c2ccccc2)n1. The standard InChI is InChI=1S/C26H23N3O4/c1-14-10-24(29(28-14)18-8-6-5-7-9-18)27-25(30)12-21-16(3)20-11-19-15(2)17(4)32-22(19)13-23(20)33-26(21)31/h5-11,13H,12H2,1-4H3,(H,27,30). The molecule has 0 aliphatic heterocycles. The zero-order valence-corrected chi connectivity index (χ0v) is 18.9. The van der Waals surface area contributed by atoms with Crippen LogP contribution >= 0.6 is 0 Å². The van der Waals surface area contributed by atoms with Crippen molar-refractivity contribution in [2.24, 2.45) is 0 Å². The van der Waals surface area contributed by atoms with Gasteiger partial charge in [0.1, 0.15) is 22.7 Å². The lowest BCUT2D eigenvalue weighted by molar-refractivity contribution is -0.115. The van der Waals surface area contributed by atoms with E-state index in [4.69, 9.17) is 8.83 Å². The third kappa shape index (κ3) is 3.61. The number of nitrogens with zero attached hydrogens (tertiary/aromatic N) is 2. The summed E-state index contributed by atoms with van der Waals surface area (Å²) in [6, 6.07) is 15.0. The number of hydrogen-bond donors (Lipinski definition) is 1. The van der Waals surface area contributed by atoms with Gasteiger partial charge < -0.3 is 14.2 Å². The third-order valence-corrected chi connectivity index (χ3v) is 6.02. The minimum absolute atomic E-state index is 0.107. The molecule has 0 spiro atoms. The molecular weight excluding hydrogens is 418 g/mol. The molecule has 0 atom stereocenters. The number of aryl methyl sites for hydroxylation is 4. The fourth-order valence-electron chi connectivity index (χ4n) is 4.13. The lowest BCUT2D eigenvalue weighted by Gasteiger charge is -2.10. The lowest BCUT2D eigenvalue weighted by atomic mass is 10.0. The molecule has 5 rings (SSSR count). The summed E-state index contributed by atoms with van der Waals surface area (Å²) in [6.07, 6.45) is -0.107. The number of fused-ring (bicyclic) bond motifs is 2. The van der Waals surface area contributed by atoms with Crippen molar-refractivity contribution in [1.82, 2.24) is 9.78 Å². The molecule has 1 N–H and O–H groups in total. The van der Waals surface area contributed by atoms with Gasteiger partial charge in [-0.1, -0.05) is 18.2 Å². The number of carbonyl (C=O) groups is 1. The van der Waals surface area contributed by atoms with Crippen LogP contribution in [0.25, 0.3) is 27.6 Å². The summed E-state index contributed by atoms with van der Waals surface area (Å²) in [5, 5.41) is 9.12. The van der Waals surface area contributed by atoms with Crippen LogP contribution in [0.3, 0.4) is 0 Å². The Morgan fingerprint density at radius 2 is 1.64 bits per heavy atom. The van der Waals surface area contributed by atoms with Crippen LogP contribution in [0.5, 0.6) is 0 Å². The van der Waals surface area contributed by atoms with Gasteiger partial charge in [0.2, 0.25) is 5.91 Å². The molecule has 0 aliphatic carbocycles. The molecule has 0 aliphatic rings. The van der Waals surface area contributed by atoms with Gasteiger partial charge in [-0.15, -0.1) is 0 Å². The number of benzene rings is 2. The summed E-state index contributed by atoms with van der Waals surface area (Å²) in [6.45, 7) is 7.60. The van der Waals surface area contributed by atoms with Crippen LogP contribution in [0.2, 0.25) is 0 Å². The monoisotopic (exact) mass is 441 g/mol. The van der Waals surface area contributed by atoms with E-state index in [0.29, 0.717) is 22.5 Å². The predicted octanol–water partition coefficient (Wildman–Crippen LogP) is 5.14. The topological polar surface area (TPSA) is 90.3 Å². The van der Waals surface area contributed by atoms with Crippen molar-refractivity contribution < 1.29 is 13.6 Å². The van der Waals surface area contributed by atoms with E-state index >= 15 is 0 Å². The molecule has 0 saturated heterocycles. The van der Waals surface area contributed by atoms with Crippen LogP contribution in [0.4, 0.5) is 5.82 Å². The summed E-state index contributed by atoms with van der Waals surface area (Å²) >= 11 is 0. The number of rotatable bonds is 4. The number of furan rings is 1. The van der Waals surface area contributed by atoms with Gasteiger partial charge in [-0.25, -0.2) is 9.48 Å². The highest BCUT2D eigenvalue weighted by atomic mass is 16.4. The number of carbonyl (C=O) groups excluding carboxylic acids is 1. The first-order valence-electron chi connectivity index (χ1n) is 10.7. The van der Waals surface area contributed by atoms with Gasteiger partial charge in [0.25, 0.3) is 0 Å². The van der Waals surface area contributed by atoms with E-state index < -0.39 is 5.63 Å². The molecule has 0 saturated carbocycles. The summed E-state index contributed by atoms with van der Waals surface area (Å²) in [5.41, 5.74) is 4.30.